The molecule has 0 saturated carbocycles. The summed E-state index contributed by atoms with van der Waals surface area (Å²) in [6.45, 7) is 3.08. The van der Waals surface area contributed by atoms with Crippen molar-refractivity contribution in [2.24, 2.45) is 0 Å². The molecule has 1 saturated heterocycles. The molecule has 1 fully saturated rings. The average Bonchev–Trinajstić information content (AvgIpc) is 2.48. The Morgan fingerprint density at radius 2 is 2.10 bits per heavy atom. The third-order valence-corrected chi connectivity index (χ3v) is 3.56. The van der Waals surface area contributed by atoms with Crippen LogP contribution in [0.15, 0.2) is 18.2 Å². The Kier molecular flexibility index (Phi) is 5.22. The zero-order valence-electron chi connectivity index (χ0n) is 11.8. The van der Waals surface area contributed by atoms with Crippen molar-refractivity contribution in [1.29, 1.82) is 5.26 Å². The first-order valence-corrected chi connectivity index (χ1v) is 6.89. The van der Waals surface area contributed by atoms with E-state index in [4.69, 9.17) is 15.2 Å². The fourth-order valence-electron chi connectivity index (χ4n) is 2.48. The molecule has 0 radical (unpaired) electrons. The van der Waals surface area contributed by atoms with Crippen LogP contribution >= 0.6 is 0 Å². The van der Waals surface area contributed by atoms with Crippen LogP contribution in [0.5, 0.6) is 0 Å². The Morgan fingerprint density at radius 3 is 2.75 bits per heavy atom. The maximum absolute atomic E-state index is 9.20. The van der Waals surface area contributed by atoms with Crippen LogP contribution in [0.4, 0.5) is 11.4 Å². The summed E-state index contributed by atoms with van der Waals surface area (Å²) in [4.78, 5) is 2.23. The Bertz CT molecular complexity index is 476. The highest BCUT2D eigenvalue weighted by molar-refractivity contribution is 5.64. The maximum atomic E-state index is 9.20. The lowest BCUT2D eigenvalue weighted by molar-refractivity contribution is 0.00610. The summed E-state index contributed by atoms with van der Waals surface area (Å²) in [6.07, 6.45) is 2.23. The van der Waals surface area contributed by atoms with Crippen LogP contribution < -0.4 is 10.6 Å². The Morgan fingerprint density at radius 1 is 1.35 bits per heavy atom. The van der Waals surface area contributed by atoms with Crippen molar-refractivity contribution in [3.05, 3.63) is 23.8 Å². The number of hydrogen-bond acceptors (Lipinski definition) is 5. The molecule has 5 nitrogen and oxygen atoms in total. The molecule has 5 heteroatoms. The summed E-state index contributed by atoms with van der Waals surface area (Å²) in [5, 5.41) is 9.20. The highest BCUT2D eigenvalue weighted by atomic mass is 16.5. The van der Waals surface area contributed by atoms with Crippen molar-refractivity contribution in [2.45, 2.75) is 18.9 Å². The standard InChI is InChI=1S/C15H21N3O2/c1-19-8-9-20-14-4-6-18(7-5-14)15-3-2-13(17)10-12(15)11-16/h2-3,10,14H,4-9,17H2,1H3. The van der Waals surface area contributed by atoms with Crippen molar-refractivity contribution < 1.29 is 9.47 Å². The second-order valence-corrected chi connectivity index (χ2v) is 4.94. The van der Waals surface area contributed by atoms with Gasteiger partial charge >= 0.3 is 0 Å². The average molecular weight is 275 g/mol. The van der Waals surface area contributed by atoms with Gasteiger partial charge in [0.05, 0.1) is 30.6 Å². The zero-order chi connectivity index (χ0) is 14.4. The minimum absolute atomic E-state index is 0.292. The number of nitrogens with zero attached hydrogens (tertiary/aromatic N) is 2. The quantitative estimate of drug-likeness (QED) is 0.655. The van der Waals surface area contributed by atoms with Gasteiger partial charge in [-0.15, -0.1) is 0 Å². The molecule has 1 aromatic carbocycles. The molecular weight excluding hydrogens is 254 g/mol. The van der Waals surface area contributed by atoms with E-state index in [1.807, 2.05) is 12.1 Å². The minimum atomic E-state index is 0.292. The highest BCUT2D eigenvalue weighted by Crippen LogP contribution is 2.26. The third kappa shape index (κ3) is 3.62. The number of nitrogen functional groups attached to an aromatic ring is 1. The van der Waals surface area contributed by atoms with Crippen LogP contribution in [0.3, 0.4) is 0 Å². The Labute approximate surface area is 119 Å². The molecule has 1 aliphatic rings. The monoisotopic (exact) mass is 275 g/mol. The van der Waals surface area contributed by atoms with Crippen LogP contribution in [0.25, 0.3) is 0 Å². The molecular formula is C15H21N3O2. The Hall–Kier alpha value is -1.77. The lowest BCUT2D eigenvalue weighted by atomic mass is 10.0. The van der Waals surface area contributed by atoms with E-state index < -0.39 is 0 Å². The molecule has 1 aliphatic heterocycles. The molecule has 20 heavy (non-hydrogen) atoms. The van der Waals surface area contributed by atoms with Gasteiger partial charge in [-0.2, -0.15) is 5.26 Å². The molecule has 1 aromatic rings. The number of methoxy groups -OCH3 is 1. The summed E-state index contributed by atoms with van der Waals surface area (Å²) in [7, 11) is 1.68. The van der Waals surface area contributed by atoms with Gasteiger partial charge in [-0.3, -0.25) is 0 Å². The summed E-state index contributed by atoms with van der Waals surface area (Å²) >= 11 is 0. The van der Waals surface area contributed by atoms with E-state index >= 15 is 0 Å². The molecule has 2 rings (SSSR count). The molecule has 108 valence electrons. The van der Waals surface area contributed by atoms with Crippen molar-refractivity contribution in [1.82, 2.24) is 0 Å². The topological polar surface area (TPSA) is 71.5 Å². The first kappa shape index (κ1) is 14.6. The van der Waals surface area contributed by atoms with Gasteiger partial charge in [0.15, 0.2) is 0 Å². The predicted octanol–water partition coefficient (Wildman–Crippen LogP) is 1.77. The summed E-state index contributed by atoms with van der Waals surface area (Å²) < 4.78 is 10.7. The number of ether oxygens (including phenoxy) is 2. The molecule has 0 aliphatic carbocycles. The number of piperidine rings is 1. The van der Waals surface area contributed by atoms with Crippen LogP contribution in [0.2, 0.25) is 0 Å². The molecule has 0 aromatic heterocycles. The van der Waals surface area contributed by atoms with Crippen molar-refractivity contribution >= 4 is 11.4 Å². The lowest BCUT2D eigenvalue weighted by Crippen LogP contribution is -2.37. The smallest absolute Gasteiger partial charge is 0.101 e. The highest BCUT2D eigenvalue weighted by Gasteiger charge is 2.21. The van der Waals surface area contributed by atoms with Gasteiger partial charge in [-0.25, -0.2) is 0 Å². The second-order valence-electron chi connectivity index (χ2n) is 4.94. The zero-order valence-corrected chi connectivity index (χ0v) is 11.8. The van der Waals surface area contributed by atoms with Gasteiger partial charge < -0.3 is 20.1 Å². The fraction of sp³-hybridized carbons (Fsp3) is 0.533. The van der Waals surface area contributed by atoms with E-state index in [0.29, 0.717) is 30.6 Å². The second kappa shape index (κ2) is 7.13. The van der Waals surface area contributed by atoms with E-state index in [0.717, 1.165) is 31.6 Å². The van der Waals surface area contributed by atoms with Crippen LogP contribution in [-0.4, -0.2) is 39.5 Å². The van der Waals surface area contributed by atoms with E-state index in [-0.39, 0.29) is 0 Å². The number of nitriles is 1. The molecule has 1 heterocycles. The predicted molar refractivity (Wildman–Crippen MR) is 78.6 cm³/mol. The van der Waals surface area contributed by atoms with E-state index in [1.165, 1.54) is 0 Å². The van der Waals surface area contributed by atoms with Gasteiger partial charge in [0, 0.05) is 25.9 Å². The fourth-order valence-corrected chi connectivity index (χ4v) is 2.48. The SMILES string of the molecule is COCCOC1CCN(c2ccc(N)cc2C#N)CC1. The molecule has 0 atom stereocenters. The largest absolute Gasteiger partial charge is 0.399 e. The van der Waals surface area contributed by atoms with E-state index in [9.17, 15) is 5.26 Å². The van der Waals surface area contributed by atoms with E-state index in [1.54, 1.807) is 13.2 Å². The summed E-state index contributed by atoms with van der Waals surface area (Å²) in [5.74, 6) is 0. The van der Waals surface area contributed by atoms with Crippen LogP contribution in [0, 0.1) is 11.3 Å². The van der Waals surface area contributed by atoms with Crippen molar-refractivity contribution in [2.75, 3.05) is 44.0 Å². The third-order valence-electron chi connectivity index (χ3n) is 3.56. The first-order chi connectivity index (χ1) is 9.74. The summed E-state index contributed by atoms with van der Waals surface area (Å²) in [5.41, 5.74) is 7.96. The minimum Gasteiger partial charge on any atom is -0.399 e. The molecule has 0 spiro atoms. The van der Waals surface area contributed by atoms with Gasteiger partial charge in [-0.1, -0.05) is 0 Å². The normalized spacial score (nSPS) is 16.1. The molecule has 0 bridgehead atoms. The molecule has 2 N–H and O–H groups in total. The molecule has 0 amide bonds. The Balaban J connectivity index is 1.92. The first-order valence-electron chi connectivity index (χ1n) is 6.89. The maximum Gasteiger partial charge on any atom is 0.101 e. The van der Waals surface area contributed by atoms with Gasteiger partial charge in [-0.05, 0) is 31.0 Å². The van der Waals surface area contributed by atoms with Crippen LogP contribution in [-0.2, 0) is 9.47 Å². The van der Waals surface area contributed by atoms with E-state index in [2.05, 4.69) is 11.0 Å². The van der Waals surface area contributed by atoms with Crippen LogP contribution in [0.1, 0.15) is 18.4 Å². The molecule has 0 unspecified atom stereocenters. The van der Waals surface area contributed by atoms with Crippen molar-refractivity contribution in [3.63, 3.8) is 0 Å². The number of anilines is 2. The van der Waals surface area contributed by atoms with Gasteiger partial charge in [0.2, 0.25) is 0 Å². The number of hydrogen-bond donors (Lipinski definition) is 1. The van der Waals surface area contributed by atoms with Crippen molar-refractivity contribution in [3.8, 4) is 6.07 Å². The number of nitrogens with two attached hydrogens (primary N) is 1. The summed E-state index contributed by atoms with van der Waals surface area (Å²) in [6, 6.07) is 7.73. The number of benzene rings is 1. The lowest BCUT2D eigenvalue weighted by Gasteiger charge is -2.34. The number of rotatable bonds is 5. The van der Waals surface area contributed by atoms with Gasteiger partial charge in [0.25, 0.3) is 0 Å². The van der Waals surface area contributed by atoms with Gasteiger partial charge in [0.1, 0.15) is 6.07 Å².